The molecule has 0 saturated carbocycles. The summed E-state index contributed by atoms with van der Waals surface area (Å²) in [4.78, 5) is 21.6. The molecule has 0 heterocycles. The van der Waals surface area contributed by atoms with Crippen molar-refractivity contribution in [2.24, 2.45) is 0 Å². The maximum Gasteiger partial charge on any atom is 0.334 e. The third-order valence-corrected chi connectivity index (χ3v) is 2.12. The molecule has 1 aromatic carbocycles. The number of hydrogen-bond donors (Lipinski definition) is 4. The Kier molecular flexibility index (Phi) is 4.33. The zero-order valence-corrected chi connectivity index (χ0v) is 9.15. The lowest BCUT2D eigenvalue weighted by atomic mass is 10.1. The van der Waals surface area contributed by atoms with Gasteiger partial charge in [-0.3, -0.25) is 4.79 Å². The number of carboxylic acids is 1. The average Bonchev–Trinajstić information content (AvgIpc) is 2.37. The summed E-state index contributed by atoms with van der Waals surface area (Å²) in [5.74, 6) is -9.80. The van der Waals surface area contributed by atoms with E-state index in [2.05, 4.69) is 0 Å². The van der Waals surface area contributed by atoms with E-state index < -0.39 is 53.3 Å². The van der Waals surface area contributed by atoms with Gasteiger partial charge in [-0.1, -0.05) is 0 Å². The normalized spacial score (nSPS) is 12.0. The number of carbonyl (C=O) groups is 2. The molecule has 0 aliphatic carbocycles. The largest absolute Gasteiger partial charge is 0.503 e. The van der Waals surface area contributed by atoms with Crippen LogP contribution in [0.2, 0.25) is 0 Å². The molecule has 0 aliphatic rings. The minimum atomic E-state index is -1.94. The number of carbonyl (C=O) groups excluding carboxylic acids is 1. The number of benzene rings is 1. The highest BCUT2D eigenvalue weighted by Crippen LogP contribution is 2.25. The van der Waals surface area contributed by atoms with Gasteiger partial charge in [0, 0.05) is 0 Å². The van der Waals surface area contributed by atoms with E-state index in [0.717, 1.165) is 0 Å². The smallest absolute Gasteiger partial charge is 0.334 e. The molecule has 0 radical (unpaired) electrons. The molecule has 1 aromatic rings. The number of aliphatic hydroxyl groups is 1. The fourth-order valence-corrected chi connectivity index (χ4v) is 1.13. The summed E-state index contributed by atoms with van der Waals surface area (Å²) < 4.78 is 38.9. The van der Waals surface area contributed by atoms with Gasteiger partial charge >= 0.3 is 5.97 Å². The lowest BCUT2D eigenvalue weighted by Crippen LogP contribution is -2.36. The third kappa shape index (κ3) is 3.13. The van der Waals surface area contributed by atoms with Crippen molar-refractivity contribution in [1.29, 1.82) is 0 Å². The van der Waals surface area contributed by atoms with E-state index in [1.807, 2.05) is 0 Å². The van der Waals surface area contributed by atoms with E-state index >= 15 is 0 Å². The SMILES string of the molecule is O=C(NCC(O)C(=O)O)c1cc(F)c(F)c(O)c1F. The van der Waals surface area contributed by atoms with Crippen LogP contribution in [-0.4, -0.2) is 39.8 Å². The molecule has 0 fully saturated rings. The molecule has 6 nitrogen and oxygen atoms in total. The number of aliphatic carboxylic acids is 1. The molecule has 4 N–H and O–H groups in total. The van der Waals surface area contributed by atoms with Crippen LogP contribution < -0.4 is 5.32 Å². The van der Waals surface area contributed by atoms with Crippen LogP contribution >= 0.6 is 0 Å². The summed E-state index contributed by atoms with van der Waals surface area (Å²) in [6.07, 6.45) is -1.94. The summed E-state index contributed by atoms with van der Waals surface area (Å²) in [6, 6.07) is 0.201. The van der Waals surface area contributed by atoms with Crippen LogP contribution in [0, 0.1) is 17.5 Å². The van der Waals surface area contributed by atoms with Crippen molar-refractivity contribution in [3.8, 4) is 5.75 Å². The Morgan fingerprint density at radius 3 is 2.37 bits per heavy atom. The van der Waals surface area contributed by atoms with Crippen molar-refractivity contribution in [3.63, 3.8) is 0 Å². The Balaban J connectivity index is 2.92. The van der Waals surface area contributed by atoms with Gasteiger partial charge in [0.05, 0.1) is 12.1 Å². The fraction of sp³-hybridized carbons (Fsp3) is 0.200. The molecule has 9 heteroatoms. The fourth-order valence-electron chi connectivity index (χ4n) is 1.13. The molecule has 104 valence electrons. The number of nitrogens with one attached hydrogen (secondary N) is 1. The number of aromatic hydroxyl groups is 1. The van der Waals surface area contributed by atoms with E-state index in [1.54, 1.807) is 5.32 Å². The van der Waals surface area contributed by atoms with Gasteiger partial charge in [0.15, 0.2) is 23.5 Å². The first-order valence-corrected chi connectivity index (χ1v) is 4.81. The lowest BCUT2D eigenvalue weighted by Gasteiger charge is -2.09. The summed E-state index contributed by atoms with van der Waals surface area (Å²) in [5.41, 5.74) is -1.02. The average molecular weight is 279 g/mol. The van der Waals surface area contributed by atoms with Crippen LogP contribution in [0.25, 0.3) is 0 Å². The molecular weight excluding hydrogens is 271 g/mol. The number of hydrogen-bond acceptors (Lipinski definition) is 4. The third-order valence-electron chi connectivity index (χ3n) is 2.12. The Morgan fingerprint density at radius 1 is 1.26 bits per heavy atom. The van der Waals surface area contributed by atoms with Crippen molar-refractivity contribution in [2.45, 2.75) is 6.10 Å². The van der Waals surface area contributed by atoms with Gasteiger partial charge in [0.1, 0.15) is 0 Å². The quantitative estimate of drug-likeness (QED) is 0.580. The van der Waals surface area contributed by atoms with Gasteiger partial charge in [0.2, 0.25) is 5.82 Å². The van der Waals surface area contributed by atoms with Crippen LogP contribution in [0.15, 0.2) is 6.07 Å². The molecule has 1 rings (SSSR count). The predicted octanol–water partition coefficient (Wildman–Crippen LogP) is -0.0152. The molecule has 1 atom stereocenters. The first-order valence-electron chi connectivity index (χ1n) is 4.81. The van der Waals surface area contributed by atoms with Crippen LogP contribution in [-0.2, 0) is 4.79 Å². The van der Waals surface area contributed by atoms with Gasteiger partial charge in [0.25, 0.3) is 5.91 Å². The van der Waals surface area contributed by atoms with Crippen molar-refractivity contribution in [1.82, 2.24) is 5.32 Å². The van der Waals surface area contributed by atoms with Gasteiger partial charge in [-0.2, -0.15) is 4.39 Å². The summed E-state index contributed by atoms with van der Waals surface area (Å²) >= 11 is 0. The van der Waals surface area contributed by atoms with E-state index in [9.17, 15) is 22.8 Å². The second-order valence-corrected chi connectivity index (χ2v) is 3.45. The minimum absolute atomic E-state index is 0.201. The second kappa shape index (κ2) is 5.57. The highest BCUT2D eigenvalue weighted by atomic mass is 19.2. The first kappa shape index (κ1) is 14.8. The van der Waals surface area contributed by atoms with Gasteiger partial charge < -0.3 is 20.6 Å². The monoisotopic (exact) mass is 279 g/mol. The second-order valence-electron chi connectivity index (χ2n) is 3.45. The van der Waals surface area contributed by atoms with Gasteiger partial charge in [-0.15, -0.1) is 0 Å². The standard InChI is InChI=1S/C10H8F3NO5/c11-4-1-3(6(12)8(16)7(4)13)9(17)14-2-5(15)10(18)19/h1,5,15-16H,2H2,(H,14,17)(H,18,19). The molecule has 0 aliphatic heterocycles. The number of amides is 1. The van der Waals surface area contributed by atoms with Gasteiger partial charge in [-0.25, -0.2) is 13.6 Å². The van der Waals surface area contributed by atoms with Crippen LogP contribution in [0.5, 0.6) is 5.75 Å². The van der Waals surface area contributed by atoms with Crippen LogP contribution in [0.4, 0.5) is 13.2 Å². The van der Waals surface area contributed by atoms with E-state index in [4.69, 9.17) is 15.3 Å². The molecular formula is C10H8F3NO5. The lowest BCUT2D eigenvalue weighted by molar-refractivity contribution is -0.146. The summed E-state index contributed by atoms with van der Waals surface area (Å²) in [6.45, 7) is -0.770. The Labute approximate surface area is 104 Å². The number of carboxylic acid groups (broad SMARTS) is 1. The Bertz CT molecular complexity index is 534. The van der Waals surface area contributed by atoms with E-state index in [1.165, 1.54) is 0 Å². The van der Waals surface area contributed by atoms with E-state index in [-0.39, 0.29) is 6.07 Å². The zero-order valence-electron chi connectivity index (χ0n) is 9.15. The van der Waals surface area contributed by atoms with E-state index in [0.29, 0.717) is 0 Å². The topological polar surface area (TPSA) is 107 Å². The number of phenolic OH excluding ortho intramolecular Hbond substituents is 1. The molecule has 1 unspecified atom stereocenters. The number of rotatable bonds is 4. The molecule has 1 amide bonds. The minimum Gasteiger partial charge on any atom is -0.503 e. The molecule has 0 spiro atoms. The predicted molar refractivity (Wildman–Crippen MR) is 54.0 cm³/mol. The molecule has 0 saturated heterocycles. The van der Waals surface area contributed by atoms with Crippen molar-refractivity contribution in [3.05, 3.63) is 29.1 Å². The zero-order chi connectivity index (χ0) is 14.7. The maximum absolute atomic E-state index is 13.3. The highest BCUT2D eigenvalue weighted by Gasteiger charge is 2.23. The maximum atomic E-state index is 13.3. The number of phenols is 1. The molecule has 0 bridgehead atoms. The molecule has 19 heavy (non-hydrogen) atoms. The van der Waals surface area contributed by atoms with Crippen molar-refractivity contribution in [2.75, 3.05) is 6.54 Å². The highest BCUT2D eigenvalue weighted by molar-refractivity contribution is 5.95. The Hall–Kier alpha value is -2.29. The number of halogens is 3. The van der Waals surface area contributed by atoms with Crippen LogP contribution in [0.3, 0.4) is 0 Å². The summed E-state index contributed by atoms with van der Waals surface area (Å²) in [5, 5.41) is 27.8. The molecule has 0 aromatic heterocycles. The van der Waals surface area contributed by atoms with Crippen molar-refractivity contribution < 1.29 is 38.1 Å². The van der Waals surface area contributed by atoms with Gasteiger partial charge in [-0.05, 0) is 6.07 Å². The van der Waals surface area contributed by atoms with Crippen LogP contribution in [0.1, 0.15) is 10.4 Å². The number of aliphatic hydroxyl groups excluding tert-OH is 1. The Morgan fingerprint density at radius 2 is 1.84 bits per heavy atom. The first-order chi connectivity index (χ1) is 8.75. The summed E-state index contributed by atoms with van der Waals surface area (Å²) in [7, 11) is 0. The van der Waals surface area contributed by atoms with Crippen molar-refractivity contribution >= 4 is 11.9 Å².